The highest BCUT2D eigenvalue weighted by Crippen LogP contribution is 2.23. The van der Waals surface area contributed by atoms with Crippen molar-refractivity contribution < 1.29 is 13.9 Å². The van der Waals surface area contributed by atoms with Crippen molar-refractivity contribution in [2.75, 3.05) is 36.2 Å². The first kappa shape index (κ1) is 16.6. The first-order valence-corrected chi connectivity index (χ1v) is 7.98. The van der Waals surface area contributed by atoms with Crippen molar-refractivity contribution in [2.45, 2.75) is 19.8 Å². The highest BCUT2D eigenvalue weighted by atomic mass is 32.2. The van der Waals surface area contributed by atoms with Crippen LogP contribution in [0.4, 0.5) is 15.8 Å². The molecule has 1 rings (SSSR count). The lowest BCUT2D eigenvalue weighted by Crippen LogP contribution is -2.11. The maximum atomic E-state index is 13.8. The van der Waals surface area contributed by atoms with E-state index < -0.39 is 11.8 Å². The third-order valence-corrected chi connectivity index (χ3v) is 3.42. The molecule has 6 heteroatoms. The number of halogens is 1. The second kappa shape index (κ2) is 8.68. The number of hydrogen-bond donors (Lipinski definition) is 2. The van der Waals surface area contributed by atoms with Crippen molar-refractivity contribution in [2.24, 2.45) is 0 Å². The van der Waals surface area contributed by atoms with E-state index in [4.69, 9.17) is 10.5 Å². The number of unbranched alkanes of at least 4 members (excludes halogenated alkanes) is 1. The number of nitrogens with one attached hydrogen (secondary N) is 1. The van der Waals surface area contributed by atoms with Gasteiger partial charge in [0.15, 0.2) is 0 Å². The van der Waals surface area contributed by atoms with Crippen molar-refractivity contribution in [3.8, 4) is 0 Å². The molecule has 0 fully saturated rings. The Labute approximate surface area is 123 Å². The van der Waals surface area contributed by atoms with Crippen molar-refractivity contribution in [1.82, 2.24) is 0 Å². The molecule has 0 heterocycles. The van der Waals surface area contributed by atoms with Gasteiger partial charge in [-0.05, 0) is 43.9 Å². The predicted octanol–water partition coefficient (Wildman–Crippen LogP) is 3.14. The molecule has 0 aliphatic heterocycles. The quantitative estimate of drug-likeness (QED) is 0.439. The lowest BCUT2D eigenvalue weighted by atomic mass is 10.1. The molecule has 0 aromatic heterocycles. The Morgan fingerprint density at radius 3 is 2.85 bits per heavy atom. The van der Waals surface area contributed by atoms with E-state index in [2.05, 4.69) is 11.6 Å². The van der Waals surface area contributed by atoms with Crippen LogP contribution in [-0.4, -0.2) is 31.1 Å². The van der Waals surface area contributed by atoms with Crippen molar-refractivity contribution in [3.63, 3.8) is 0 Å². The van der Waals surface area contributed by atoms with Gasteiger partial charge in [-0.2, -0.15) is 11.8 Å². The molecule has 112 valence electrons. The topological polar surface area (TPSA) is 64.3 Å². The number of carbonyl (C=O) groups excluding carboxylic acids is 1. The molecule has 0 aliphatic rings. The van der Waals surface area contributed by atoms with Gasteiger partial charge >= 0.3 is 5.97 Å². The van der Waals surface area contributed by atoms with Gasteiger partial charge in [-0.1, -0.05) is 0 Å². The van der Waals surface area contributed by atoms with Gasteiger partial charge in [-0.15, -0.1) is 0 Å². The van der Waals surface area contributed by atoms with Crippen LogP contribution in [0.2, 0.25) is 0 Å². The summed E-state index contributed by atoms with van der Waals surface area (Å²) in [6.45, 7) is 2.62. The summed E-state index contributed by atoms with van der Waals surface area (Å²) in [6, 6.07) is 2.56. The molecule has 0 atom stereocenters. The average Bonchev–Trinajstić information content (AvgIpc) is 2.40. The summed E-state index contributed by atoms with van der Waals surface area (Å²) in [5.74, 6) is 0.0934. The minimum atomic E-state index is -0.532. The second-order valence-electron chi connectivity index (χ2n) is 4.27. The van der Waals surface area contributed by atoms with Crippen LogP contribution in [0.1, 0.15) is 30.1 Å². The van der Waals surface area contributed by atoms with Crippen LogP contribution in [0.5, 0.6) is 0 Å². The molecule has 1 aromatic rings. The fourth-order valence-corrected chi connectivity index (χ4v) is 2.20. The molecule has 0 radical (unpaired) electrons. The zero-order valence-corrected chi connectivity index (χ0v) is 12.7. The van der Waals surface area contributed by atoms with Gasteiger partial charge in [-0.25, -0.2) is 9.18 Å². The van der Waals surface area contributed by atoms with Gasteiger partial charge in [0.1, 0.15) is 5.82 Å². The Bertz CT molecular complexity index is 455. The number of esters is 1. The van der Waals surface area contributed by atoms with Crippen LogP contribution >= 0.6 is 11.8 Å². The standard InChI is InChI=1S/C14H21FN2O2S/c1-3-19-14(18)10-8-13(11(15)9-12(10)16)17-6-4-5-7-20-2/h8-9,17H,3-7,16H2,1-2H3. The van der Waals surface area contributed by atoms with Crippen LogP contribution < -0.4 is 11.1 Å². The highest BCUT2D eigenvalue weighted by molar-refractivity contribution is 7.98. The number of thioether (sulfide) groups is 1. The number of benzene rings is 1. The molecular formula is C14H21FN2O2S. The van der Waals surface area contributed by atoms with Crippen molar-refractivity contribution in [1.29, 1.82) is 0 Å². The predicted molar refractivity (Wildman–Crippen MR) is 82.9 cm³/mol. The Balaban J connectivity index is 2.70. The summed E-state index contributed by atoms with van der Waals surface area (Å²) in [4.78, 5) is 11.7. The molecule has 0 saturated carbocycles. The number of carbonyl (C=O) groups is 1. The van der Waals surface area contributed by atoms with Gasteiger partial charge in [0.2, 0.25) is 0 Å². The van der Waals surface area contributed by atoms with Crippen LogP contribution in [0.15, 0.2) is 12.1 Å². The Kier molecular flexibility index (Phi) is 7.22. The third kappa shape index (κ3) is 4.92. The Morgan fingerprint density at radius 2 is 2.20 bits per heavy atom. The van der Waals surface area contributed by atoms with Crippen molar-refractivity contribution >= 4 is 29.1 Å². The lowest BCUT2D eigenvalue weighted by Gasteiger charge is -2.11. The summed E-state index contributed by atoms with van der Waals surface area (Å²) in [6.07, 6.45) is 4.06. The number of ether oxygens (including phenoxy) is 1. The number of anilines is 2. The minimum absolute atomic E-state index is 0.0916. The monoisotopic (exact) mass is 300 g/mol. The number of hydrogen-bond acceptors (Lipinski definition) is 5. The largest absolute Gasteiger partial charge is 0.462 e. The summed E-state index contributed by atoms with van der Waals surface area (Å²) in [5, 5.41) is 2.99. The van der Waals surface area contributed by atoms with E-state index in [-0.39, 0.29) is 23.5 Å². The van der Waals surface area contributed by atoms with Gasteiger partial charge in [0.25, 0.3) is 0 Å². The van der Waals surface area contributed by atoms with Crippen molar-refractivity contribution in [3.05, 3.63) is 23.5 Å². The zero-order chi connectivity index (χ0) is 15.0. The molecule has 1 aromatic carbocycles. The third-order valence-electron chi connectivity index (χ3n) is 2.73. The molecule has 0 aliphatic carbocycles. The molecule has 0 unspecified atom stereocenters. The van der Waals surface area contributed by atoms with E-state index >= 15 is 0 Å². The van der Waals surface area contributed by atoms with Crippen LogP contribution in [0, 0.1) is 5.82 Å². The zero-order valence-electron chi connectivity index (χ0n) is 11.9. The SMILES string of the molecule is CCOC(=O)c1cc(NCCCCSC)c(F)cc1N. The molecule has 4 nitrogen and oxygen atoms in total. The van der Waals surface area contributed by atoms with E-state index in [9.17, 15) is 9.18 Å². The molecule has 0 spiro atoms. The smallest absolute Gasteiger partial charge is 0.340 e. The summed E-state index contributed by atoms with van der Waals surface area (Å²) in [5.41, 5.74) is 6.21. The molecular weight excluding hydrogens is 279 g/mol. The summed E-state index contributed by atoms with van der Waals surface area (Å²) >= 11 is 1.79. The lowest BCUT2D eigenvalue weighted by molar-refractivity contribution is 0.0527. The Hall–Kier alpha value is -1.43. The fraction of sp³-hybridized carbons (Fsp3) is 0.500. The van der Waals surface area contributed by atoms with Gasteiger partial charge in [0.05, 0.1) is 17.9 Å². The molecule has 0 saturated heterocycles. The van der Waals surface area contributed by atoms with E-state index in [0.717, 1.165) is 24.7 Å². The van der Waals surface area contributed by atoms with Crippen LogP contribution in [0.25, 0.3) is 0 Å². The first-order chi connectivity index (χ1) is 9.60. The fourth-order valence-electron chi connectivity index (χ4n) is 1.70. The van der Waals surface area contributed by atoms with Crippen LogP contribution in [-0.2, 0) is 4.74 Å². The van der Waals surface area contributed by atoms with Gasteiger partial charge in [0, 0.05) is 12.2 Å². The van der Waals surface area contributed by atoms with E-state index in [1.165, 1.54) is 6.07 Å². The number of nitrogens with two attached hydrogens (primary N) is 1. The second-order valence-corrected chi connectivity index (χ2v) is 5.25. The summed E-state index contributed by atoms with van der Waals surface area (Å²) in [7, 11) is 0. The minimum Gasteiger partial charge on any atom is -0.462 e. The highest BCUT2D eigenvalue weighted by Gasteiger charge is 2.14. The normalized spacial score (nSPS) is 10.3. The van der Waals surface area contributed by atoms with Gasteiger partial charge in [-0.3, -0.25) is 0 Å². The number of nitrogen functional groups attached to an aromatic ring is 1. The van der Waals surface area contributed by atoms with Crippen LogP contribution in [0.3, 0.4) is 0 Å². The summed E-state index contributed by atoms with van der Waals surface area (Å²) < 4.78 is 18.6. The van der Waals surface area contributed by atoms with E-state index in [1.807, 2.05) is 0 Å². The Morgan fingerprint density at radius 1 is 1.45 bits per heavy atom. The molecule has 3 N–H and O–H groups in total. The molecule has 0 amide bonds. The number of rotatable bonds is 8. The molecule has 0 bridgehead atoms. The van der Waals surface area contributed by atoms with E-state index in [1.54, 1.807) is 18.7 Å². The maximum Gasteiger partial charge on any atom is 0.340 e. The maximum absolute atomic E-state index is 13.8. The average molecular weight is 300 g/mol. The first-order valence-electron chi connectivity index (χ1n) is 6.59. The molecule has 20 heavy (non-hydrogen) atoms. The van der Waals surface area contributed by atoms with Gasteiger partial charge < -0.3 is 15.8 Å². The van der Waals surface area contributed by atoms with E-state index in [0.29, 0.717) is 6.54 Å².